The lowest BCUT2D eigenvalue weighted by Crippen LogP contribution is -2.06. The number of nitrogens with zero attached hydrogens (tertiary/aromatic N) is 2. The number of aliphatic hydroxyl groups excluding tert-OH is 1. The first-order valence-electron chi connectivity index (χ1n) is 9.45. The monoisotopic (exact) mass is 392 g/mol. The molecule has 0 atom stereocenters. The van der Waals surface area contributed by atoms with Gasteiger partial charge in [-0.1, -0.05) is 24.3 Å². The maximum Gasteiger partial charge on any atom is 0.186 e. The van der Waals surface area contributed by atoms with E-state index in [0.717, 1.165) is 22.6 Å². The smallest absolute Gasteiger partial charge is 0.186 e. The molecule has 6 nitrogen and oxygen atoms in total. The molecule has 0 spiro atoms. The average molecular weight is 392 g/mol. The molecular formula is C23H24N2O4. The number of azo groups is 1. The zero-order valence-electron chi connectivity index (χ0n) is 16.3. The van der Waals surface area contributed by atoms with Crippen LogP contribution in [0.4, 0.5) is 11.4 Å². The Hall–Kier alpha value is -3.22. The van der Waals surface area contributed by atoms with Gasteiger partial charge in [-0.2, -0.15) is 10.2 Å². The second-order valence-corrected chi connectivity index (χ2v) is 6.08. The highest BCUT2D eigenvalue weighted by Gasteiger charge is 2.00. The summed E-state index contributed by atoms with van der Waals surface area (Å²) in [5.74, 6) is 1.41. The summed E-state index contributed by atoms with van der Waals surface area (Å²) < 4.78 is 15.9. The minimum atomic E-state index is -0.350. The summed E-state index contributed by atoms with van der Waals surface area (Å²) in [4.78, 5) is 0. The highest BCUT2D eigenvalue weighted by Crippen LogP contribution is 2.26. The summed E-state index contributed by atoms with van der Waals surface area (Å²) in [6.45, 7) is 3.45. The van der Waals surface area contributed by atoms with E-state index in [1.54, 1.807) is 24.3 Å². The standard InChI is InChI=1S/C23H24N2O4/c1-2-27-15-16-28-22-11-5-19(6-12-22)18-3-7-20(8-4-18)24-25-21-9-13-23(14-10-21)29-17-26/h3-14,26H,2,15-17H2,1H3. The average Bonchev–Trinajstić information content (AvgIpc) is 2.77. The molecule has 6 heteroatoms. The number of ether oxygens (including phenoxy) is 3. The zero-order chi connectivity index (χ0) is 20.3. The number of benzene rings is 3. The fourth-order valence-electron chi connectivity index (χ4n) is 2.63. The van der Waals surface area contributed by atoms with Crippen LogP contribution in [-0.4, -0.2) is 31.7 Å². The molecule has 0 unspecified atom stereocenters. The molecule has 1 N–H and O–H groups in total. The molecule has 0 fully saturated rings. The Kier molecular flexibility index (Phi) is 7.74. The Morgan fingerprint density at radius 2 is 1.14 bits per heavy atom. The van der Waals surface area contributed by atoms with E-state index < -0.39 is 0 Å². The van der Waals surface area contributed by atoms with Crippen molar-refractivity contribution < 1.29 is 19.3 Å². The third-order valence-corrected chi connectivity index (χ3v) is 4.10. The first kappa shape index (κ1) is 20.5. The maximum atomic E-state index is 8.74. The third kappa shape index (κ3) is 6.41. The second kappa shape index (κ2) is 10.9. The van der Waals surface area contributed by atoms with Gasteiger partial charge in [0.15, 0.2) is 6.79 Å². The van der Waals surface area contributed by atoms with Crippen molar-refractivity contribution in [1.82, 2.24) is 0 Å². The minimum Gasteiger partial charge on any atom is -0.491 e. The van der Waals surface area contributed by atoms with Crippen molar-refractivity contribution in [3.8, 4) is 22.6 Å². The summed E-state index contributed by atoms with van der Waals surface area (Å²) in [7, 11) is 0. The van der Waals surface area contributed by atoms with Gasteiger partial charge in [-0.15, -0.1) is 0 Å². The molecule has 0 saturated carbocycles. The summed E-state index contributed by atoms with van der Waals surface area (Å²) >= 11 is 0. The maximum absolute atomic E-state index is 8.74. The zero-order valence-corrected chi connectivity index (χ0v) is 16.3. The Bertz CT molecular complexity index is 892. The van der Waals surface area contributed by atoms with E-state index in [1.807, 2.05) is 55.5 Å². The topological polar surface area (TPSA) is 72.6 Å². The van der Waals surface area contributed by atoms with Gasteiger partial charge in [0, 0.05) is 6.61 Å². The molecule has 0 amide bonds. The van der Waals surface area contributed by atoms with Gasteiger partial charge in [0.1, 0.15) is 18.1 Å². The summed E-state index contributed by atoms with van der Waals surface area (Å²) in [6.07, 6.45) is 0. The van der Waals surface area contributed by atoms with Crippen LogP contribution in [0.2, 0.25) is 0 Å². The van der Waals surface area contributed by atoms with E-state index in [2.05, 4.69) is 10.2 Å². The van der Waals surface area contributed by atoms with E-state index in [1.165, 1.54) is 0 Å². The summed E-state index contributed by atoms with van der Waals surface area (Å²) in [5, 5.41) is 17.2. The molecule has 150 valence electrons. The van der Waals surface area contributed by atoms with E-state index in [4.69, 9.17) is 19.3 Å². The molecule has 0 aliphatic carbocycles. The Balaban J connectivity index is 1.58. The van der Waals surface area contributed by atoms with E-state index in [-0.39, 0.29) is 6.79 Å². The van der Waals surface area contributed by atoms with Gasteiger partial charge in [0.05, 0.1) is 18.0 Å². The number of aliphatic hydroxyl groups is 1. The van der Waals surface area contributed by atoms with Gasteiger partial charge in [-0.05, 0) is 66.6 Å². The molecule has 0 saturated heterocycles. The van der Waals surface area contributed by atoms with E-state index in [9.17, 15) is 0 Å². The highest BCUT2D eigenvalue weighted by atomic mass is 16.6. The highest BCUT2D eigenvalue weighted by molar-refractivity contribution is 5.66. The first-order valence-corrected chi connectivity index (χ1v) is 9.45. The molecule has 3 aromatic rings. The van der Waals surface area contributed by atoms with Crippen LogP contribution < -0.4 is 9.47 Å². The van der Waals surface area contributed by atoms with Gasteiger partial charge >= 0.3 is 0 Å². The predicted octanol–water partition coefficient (Wildman–Crippen LogP) is 5.51. The Morgan fingerprint density at radius 3 is 1.69 bits per heavy atom. The molecule has 0 radical (unpaired) electrons. The molecule has 29 heavy (non-hydrogen) atoms. The lowest BCUT2D eigenvalue weighted by Gasteiger charge is -2.07. The fourth-order valence-corrected chi connectivity index (χ4v) is 2.63. The van der Waals surface area contributed by atoms with Crippen molar-refractivity contribution in [3.63, 3.8) is 0 Å². The fraction of sp³-hybridized carbons (Fsp3) is 0.217. The molecule has 0 bridgehead atoms. The van der Waals surface area contributed by atoms with E-state index in [0.29, 0.717) is 31.3 Å². The number of hydrogen-bond acceptors (Lipinski definition) is 6. The van der Waals surface area contributed by atoms with Crippen LogP contribution in [0.25, 0.3) is 11.1 Å². The van der Waals surface area contributed by atoms with Crippen LogP contribution in [0.3, 0.4) is 0 Å². The van der Waals surface area contributed by atoms with Gasteiger partial charge in [-0.25, -0.2) is 0 Å². The van der Waals surface area contributed by atoms with E-state index >= 15 is 0 Å². The van der Waals surface area contributed by atoms with Crippen LogP contribution >= 0.6 is 0 Å². The normalized spacial score (nSPS) is 11.0. The molecule has 0 aromatic heterocycles. The predicted molar refractivity (Wildman–Crippen MR) is 112 cm³/mol. The van der Waals surface area contributed by atoms with Crippen molar-refractivity contribution in [2.75, 3.05) is 26.6 Å². The van der Waals surface area contributed by atoms with Crippen LogP contribution in [-0.2, 0) is 4.74 Å². The first-order chi connectivity index (χ1) is 14.3. The third-order valence-electron chi connectivity index (χ3n) is 4.10. The Labute approximate surface area is 170 Å². The van der Waals surface area contributed by atoms with Crippen molar-refractivity contribution in [3.05, 3.63) is 72.8 Å². The van der Waals surface area contributed by atoms with Crippen molar-refractivity contribution in [2.45, 2.75) is 6.92 Å². The van der Waals surface area contributed by atoms with Crippen LogP contribution in [0.1, 0.15) is 6.92 Å². The van der Waals surface area contributed by atoms with Crippen molar-refractivity contribution >= 4 is 11.4 Å². The molecule has 0 heterocycles. The van der Waals surface area contributed by atoms with Gasteiger partial charge in [0.2, 0.25) is 0 Å². The quantitative estimate of drug-likeness (QED) is 0.280. The minimum absolute atomic E-state index is 0.350. The number of hydrogen-bond donors (Lipinski definition) is 1. The van der Waals surface area contributed by atoms with Crippen molar-refractivity contribution in [1.29, 1.82) is 0 Å². The molecule has 3 aromatic carbocycles. The molecule has 0 aliphatic rings. The summed E-state index contributed by atoms with van der Waals surface area (Å²) in [6, 6.07) is 22.9. The largest absolute Gasteiger partial charge is 0.491 e. The second-order valence-electron chi connectivity index (χ2n) is 6.08. The van der Waals surface area contributed by atoms with Crippen LogP contribution in [0, 0.1) is 0 Å². The van der Waals surface area contributed by atoms with Crippen LogP contribution in [0.15, 0.2) is 83.0 Å². The van der Waals surface area contributed by atoms with Gasteiger partial charge < -0.3 is 19.3 Å². The molecule has 3 rings (SSSR count). The Morgan fingerprint density at radius 1 is 0.655 bits per heavy atom. The lowest BCUT2D eigenvalue weighted by atomic mass is 10.1. The molecule has 0 aliphatic heterocycles. The van der Waals surface area contributed by atoms with Gasteiger partial charge in [0.25, 0.3) is 0 Å². The van der Waals surface area contributed by atoms with Gasteiger partial charge in [-0.3, -0.25) is 0 Å². The SMILES string of the molecule is CCOCCOc1ccc(-c2ccc(N=Nc3ccc(OCO)cc3)cc2)cc1. The summed E-state index contributed by atoms with van der Waals surface area (Å²) in [5.41, 5.74) is 3.67. The molecular weight excluding hydrogens is 368 g/mol. The van der Waals surface area contributed by atoms with Crippen molar-refractivity contribution in [2.24, 2.45) is 10.2 Å². The number of rotatable bonds is 10. The lowest BCUT2D eigenvalue weighted by molar-refractivity contribution is 0.0985. The van der Waals surface area contributed by atoms with Crippen LogP contribution in [0.5, 0.6) is 11.5 Å².